The van der Waals surface area contributed by atoms with E-state index in [4.69, 9.17) is 16.3 Å². The molecule has 8 heteroatoms. The third-order valence-corrected chi connectivity index (χ3v) is 8.08. The molecule has 1 aromatic heterocycles. The highest BCUT2D eigenvalue weighted by Gasteiger charge is 2.30. The minimum atomic E-state index is -0.477. The molecule has 0 aliphatic carbocycles. The van der Waals surface area contributed by atoms with E-state index in [1.807, 2.05) is 59.8 Å². The van der Waals surface area contributed by atoms with Gasteiger partial charge >= 0.3 is 0 Å². The molecule has 7 nitrogen and oxygen atoms in total. The van der Waals surface area contributed by atoms with Crippen molar-refractivity contribution in [3.05, 3.63) is 64.8 Å². The number of benzene rings is 2. The van der Waals surface area contributed by atoms with Crippen LogP contribution in [-0.4, -0.2) is 83.9 Å². The van der Waals surface area contributed by atoms with Crippen LogP contribution in [0.2, 0.25) is 5.02 Å². The Morgan fingerprint density at radius 2 is 1.74 bits per heavy atom. The third-order valence-electron chi connectivity index (χ3n) is 7.85. The lowest BCUT2D eigenvalue weighted by atomic mass is 9.88. The number of hydrogen-bond donors (Lipinski definition) is 0. The number of hydrogen-bond acceptors (Lipinski definition) is 5. The van der Waals surface area contributed by atoms with Crippen LogP contribution in [0, 0.1) is 0 Å². The number of likely N-dealkylation sites (tertiary alicyclic amines) is 1. The summed E-state index contributed by atoms with van der Waals surface area (Å²) in [6, 6.07) is 13.8. The van der Waals surface area contributed by atoms with Gasteiger partial charge in [-0.25, -0.2) is 0 Å². The molecule has 202 valence electrons. The highest BCUT2D eigenvalue weighted by atomic mass is 35.5. The molecule has 3 aromatic rings. The summed E-state index contributed by atoms with van der Waals surface area (Å²) in [5, 5.41) is 1.42. The van der Waals surface area contributed by atoms with Crippen LogP contribution < -0.4 is 4.74 Å². The molecule has 0 radical (unpaired) electrons. The van der Waals surface area contributed by atoms with Crippen molar-refractivity contribution in [1.82, 2.24) is 19.3 Å². The van der Waals surface area contributed by atoms with Crippen LogP contribution in [0.4, 0.5) is 0 Å². The van der Waals surface area contributed by atoms with Crippen molar-refractivity contribution in [2.24, 2.45) is 0 Å². The fourth-order valence-electron chi connectivity index (χ4n) is 5.77. The summed E-state index contributed by atoms with van der Waals surface area (Å²) in [4.78, 5) is 32.6. The number of aromatic nitrogens is 1. The number of fused-ring (bicyclic) bond motifs is 1. The second-order valence-electron chi connectivity index (χ2n) is 10.8. The molecule has 0 N–H and O–H groups in total. The van der Waals surface area contributed by atoms with Crippen LogP contribution in [0.1, 0.15) is 54.7 Å². The van der Waals surface area contributed by atoms with Crippen molar-refractivity contribution in [3.8, 4) is 5.75 Å². The summed E-state index contributed by atoms with van der Waals surface area (Å²) in [5.41, 5.74) is 2.66. The lowest BCUT2D eigenvalue weighted by molar-refractivity contribution is -0.116. The number of nitrogens with zero attached hydrogens (tertiary/aromatic N) is 4. The first-order chi connectivity index (χ1) is 18.4. The fraction of sp³-hybridized carbons (Fsp3) is 0.467. The Labute approximate surface area is 229 Å². The van der Waals surface area contributed by atoms with Gasteiger partial charge in [0.2, 0.25) is 0 Å². The van der Waals surface area contributed by atoms with E-state index in [-0.39, 0.29) is 12.0 Å². The van der Waals surface area contributed by atoms with Crippen LogP contribution in [0.5, 0.6) is 5.75 Å². The summed E-state index contributed by atoms with van der Waals surface area (Å²) in [6.45, 7) is 8.82. The van der Waals surface area contributed by atoms with Crippen LogP contribution in [-0.2, 0) is 4.79 Å². The molecule has 1 amide bonds. The Hall–Kier alpha value is -2.87. The third kappa shape index (κ3) is 5.46. The second-order valence-corrected chi connectivity index (χ2v) is 11.2. The predicted octanol–water partition coefficient (Wildman–Crippen LogP) is 5.05. The van der Waals surface area contributed by atoms with Gasteiger partial charge in [-0.1, -0.05) is 35.9 Å². The number of ether oxygens (including phenoxy) is 1. The normalized spacial score (nSPS) is 18.7. The van der Waals surface area contributed by atoms with Gasteiger partial charge in [0.05, 0.1) is 17.2 Å². The number of piperazine rings is 1. The van der Waals surface area contributed by atoms with E-state index in [1.165, 1.54) is 5.56 Å². The zero-order valence-corrected chi connectivity index (χ0v) is 23.2. The molecule has 1 unspecified atom stereocenters. The van der Waals surface area contributed by atoms with Gasteiger partial charge in [-0.05, 0) is 63.4 Å². The number of aldehydes is 1. The highest BCUT2D eigenvalue weighted by Crippen LogP contribution is 2.36. The fourth-order valence-corrected chi connectivity index (χ4v) is 5.94. The molecule has 3 heterocycles. The summed E-state index contributed by atoms with van der Waals surface area (Å²) in [5.74, 6) is 1.30. The van der Waals surface area contributed by atoms with E-state index in [2.05, 4.69) is 29.0 Å². The van der Waals surface area contributed by atoms with Crippen molar-refractivity contribution in [1.29, 1.82) is 0 Å². The summed E-state index contributed by atoms with van der Waals surface area (Å²) in [6.07, 6.45) is 4.24. The molecule has 2 aromatic carbocycles. The Bertz CT molecular complexity index is 1290. The molecule has 0 saturated carbocycles. The number of para-hydroxylation sites is 1. The maximum atomic E-state index is 13.8. The number of piperidine rings is 1. The Balaban J connectivity index is 1.38. The van der Waals surface area contributed by atoms with Crippen LogP contribution in [0.15, 0.2) is 48.7 Å². The van der Waals surface area contributed by atoms with Crippen molar-refractivity contribution >= 4 is 34.7 Å². The number of carbonyl (C=O) groups excluding carboxylic acids is 2. The molecule has 0 spiro atoms. The molecule has 5 rings (SSSR count). The smallest absolute Gasteiger partial charge is 0.256 e. The summed E-state index contributed by atoms with van der Waals surface area (Å²) >= 11 is 6.37. The van der Waals surface area contributed by atoms with Gasteiger partial charge in [0.25, 0.3) is 5.91 Å². The Kier molecular flexibility index (Phi) is 8.07. The topological polar surface area (TPSA) is 58.0 Å². The zero-order valence-electron chi connectivity index (χ0n) is 22.5. The number of likely N-dealkylation sites (N-methyl/N-ethyl adjacent to an activating group) is 1. The molecule has 2 aliphatic heterocycles. The van der Waals surface area contributed by atoms with E-state index in [1.54, 1.807) is 0 Å². The van der Waals surface area contributed by atoms with Gasteiger partial charge in [-0.3, -0.25) is 14.5 Å². The lowest BCUT2D eigenvalue weighted by Gasteiger charge is -2.36. The average molecular weight is 537 g/mol. The molecule has 38 heavy (non-hydrogen) atoms. The number of carbonyl (C=O) groups is 2. The predicted molar refractivity (Wildman–Crippen MR) is 151 cm³/mol. The lowest BCUT2D eigenvalue weighted by Crippen LogP contribution is -2.47. The molecular formula is C30H37ClN4O3. The summed E-state index contributed by atoms with van der Waals surface area (Å²) < 4.78 is 7.99. The van der Waals surface area contributed by atoms with Gasteiger partial charge in [0, 0.05) is 55.9 Å². The van der Waals surface area contributed by atoms with Crippen molar-refractivity contribution in [3.63, 3.8) is 0 Å². The van der Waals surface area contributed by atoms with Gasteiger partial charge in [0.15, 0.2) is 6.29 Å². The molecule has 2 fully saturated rings. The van der Waals surface area contributed by atoms with Crippen LogP contribution in [0.25, 0.3) is 10.9 Å². The largest absolute Gasteiger partial charge is 0.491 e. The van der Waals surface area contributed by atoms with Gasteiger partial charge in [0.1, 0.15) is 11.9 Å². The van der Waals surface area contributed by atoms with E-state index in [0.29, 0.717) is 29.6 Å². The second kappa shape index (κ2) is 11.5. The van der Waals surface area contributed by atoms with Crippen molar-refractivity contribution < 1.29 is 14.3 Å². The van der Waals surface area contributed by atoms with Gasteiger partial charge in [-0.2, -0.15) is 0 Å². The SMILES string of the molecule is CC(C)Oc1ccccc1C1CCN(C(=O)c2cn(C(C=O)N3CCN(C)CC3)c3cc(Cl)ccc23)CC1. The highest BCUT2D eigenvalue weighted by molar-refractivity contribution is 6.31. The van der Waals surface area contributed by atoms with Crippen LogP contribution in [0.3, 0.4) is 0 Å². The molecule has 1 atom stereocenters. The van der Waals surface area contributed by atoms with E-state index >= 15 is 0 Å². The maximum absolute atomic E-state index is 13.8. The van der Waals surface area contributed by atoms with Gasteiger partial charge < -0.3 is 19.1 Å². The van der Waals surface area contributed by atoms with Crippen molar-refractivity contribution in [2.75, 3.05) is 46.3 Å². The maximum Gasteiger partial charge on any atom is 0.256 e. The van der Waals surface area contributed by atoms with E-state index < -0.39 is 6.17 Å². The first-order valence-corrected chi connectivity index (χ1v) is 14.0. The van der Waals surface area contributed by atoms with Crippen LogP contribution >= 0.6 is 11.6 Å². The van der Waals surface area contributed by atoms with Crippen molar-refractivity contribution in [2.45, 2.75) is 44.9 Å². The number of rotatable bonds is 7. The number of halogens is 1. The monoisotopic (exact) mass is 536 g/mol. The first kappa shape index (κ1) is 26.7. The minimum absolute atomic E-state index is 0.00395. The minimum Gasteiger partial charge on any atom is -0.491 e. The molecule has 2 saturated heterocycles. The molecular weight excluding hydrogens is 500 g/mol. The quantitative estimate of drug-likeness (QED) is 0.396. The number of amides is 1. The first-order valence-electron chi connectivity index (χ1n) is 13.6. The molecule has 0 bridgehead atoms. The van der Waals surface area contributed by atoms with E-state index in [9.17, 15) is 9.59 Å². The Morgan fingerprint density at radius 1 is 1.03 bits per heavy atom. The van der Waals surface area contributed by atoms with E-state index in [0.717, 1.165) is 62.0 Å². The average Bonchev–Trinajstić information content (AvgIpc) is 3.28. The zero-order chi connectivity index (χ0) is 26.8. The summed E-state index contributed by atoms with van der Waals surface area (Å²) in [7, 11) is 2.09. The molecule has 2 aliphatic rings. The van der Waals surface area contributed by atoms with Gasteiger partial charge in [-0.15, -0.1) is 0 Å². The standard InChI is InChI=1S/C30H37ClN4O3/c1-21(2)38-28-7-5-4-6-24(28)22-10-12-34(13-11-22)30(37)26-19-35(27-18-23(31)8-9-25(26)27)29(20-36)33-16-14-32(3)15-17-33/h4-9,18-22,29H,10-17H2,1-3H3. The Morgan fingerprint density at radius 3 is 2.42 bits per heavy atom.